The molecule has 0 aromatic carbocycles. The van der Waals surface area contributed by atoms with Gasteiger partial charge in [0, 0.05) is 17.9 Å². The zero-order valence-corrected chi connectivity index (χ0v) is 18.9. The van der Waals surface area contributed by atoms with Gasteiger partial charge in [0.1, 0.15) is 6.61 Å². The highest BCUT2D eigenvalue weighted by atomic mass is 33.1. The second kappa shape index (κ2) is 17.6. The Hall–Kier alpha value is 0.170. The Bertz CT molecular complexity index is 301. The van der Waals surface area contributed by atoms with E-state index in [2.05, 4.69) is 27.7 Å². The van der Waals surface area contributed by atoms with Gasteiger partial charge < -0.3 is 4.74 Å². The van der Waals surface area contributed by atoms with Crippen molar-refractivity contribution in [1.82, 2.24) is 0 Å². The zero-order chi connectivity index (χ0) is 18.8. The van der Waals surface area contributed by atoms with Crippen LogP contribution in [0.1, 0.15) is 105 Å². The van der Waals surface area contributed by atoms with E-state index in [1.54, 1.807) is 0 Å². The zero-order valence-electron chi connectivity index (χ0n) is 17.2. The van der Waals surface area contributed by atoms with E-state index in [0.29, 0.717) is 13.0 Å². The summed E-state index contributed by atoms with van der Waals surface area (Å²) >= 11 is 0. The SMILES string of the molecule is CCCCCCCCCCCCSSCCOC(=O)CCC(C)(C)C. The molecule has 0 bridgehead atoms. The topological polar surface area (TPSA) is 26.3 Å². The molecule has 0 saturated carbocycles. The molecular weight excluding hydrogens is 348 g/mol. The minimum Gasteiger partial charge on any atom is -0.465 e. The molecule has 0 amide bonds. The van der Waals surface area contributed by atoms with E-state index in [-0.39, 0.29) is 11.4 Å². The quantitative estimate of drug-likeness (QED) is 0.145. The summed E-state index contributed by atoms with van der Waals surface area (Å²) in [7, 11) is 3.76. The van der Waals surface area contributed by atoms with Crippen LogP contribution in [0.15, 0.2) is 0 Å². The van der Waals surface area contributed by atoms with Gasteiger partial charge in [-0.25, -0.2) is 0 Å². The average molecular weight is 391 g/mol. The van der Waals surface area contributed by atoms with Gasteiger partial charge in [0.15, 0.2) is 0 Å². The number of rotatable bonds is 17. The van der Waals surface area contributed by atoms with Crippen molar-refractivity contribution in [2.45, 2.75) is 105 Å². The summed E-state index contributed by atoms with van der Waals surface area (Å²) in [6, 6.07) is 0. The lowest BCUT2D eigenvalue weighted by Gasteiger charge is -2.16. The first-order chi connectivity index (χ1) is 12.0. The molecule has 0 unspecified atom stereocenters. The van der Waals surface area contributed by atoms with Crippen LogP contribution in [0, 0.1) is 5.41 Å². The maximum absolute atomic E-state index is 11.6. The molecule has 0 aliphatic heterocycles. The average Bonchev–Trinajstić information content (AvgIpc) is 2.56. The third-order valence-corrected chi connectivity index (χ3v) is 6.63. The van der Waals surface area contributed by atoms with Gasteiger partial charge in [-0.05, 0) is 18.3 Å². The van der Waals surface area contributed by atoms with Gasteiger partial charge in [-0.3, -0.25) is 4.79 Å². The molecule has 0 aromatic rings. The van der Waals surface area contributed by atoms with Crippen LogP contribution < -0.4 is 0 Å². The monoisotopic (exact) mass is 390 g/mol. The summed E-state index contributed by atoms with van der Waals surface area (Å²) in [4.78, 5) is 11.6. The van der Waals surface area contributed by atoms with Crippen molar-refractivity contribution in [1.29, 1.82) is 0 Å². The van der Waals surface area contributed by atoms with Gasteiger partial charge in [-0.15, -0.1) is 0 Å². The van der Waals surface area contributed by atoms with Crippen molar-refractivity contribution in [3.05, 3.63) is 0 Å². The van der Waals surface area contributed by atoms with Crippen LogP contribution in [-0.2, 0) is 9.53 Å². The summed E-state index contributed by atoms with van der Waals surface area (Å²) in [5, 5.41) is 0. The van der Waals surface area contributed by atoms with Crippen LogP contribution >= 0.6 is 21.6 Å². The number of unbranched alkanes of at least 4 members (excludes halogenated alkanes) is 9. The first-order valence-corrected chi connectivity index (χ1v) is 12.8. The minimum atomic E-state index is -0.0461. The summed E-state index contributed by atoms with van der Waals surface area (Å²) in [6.45, 7) is 9.29. The van der Waals surface area contributed by atoms with E-state index in [4.69, 9.17) is 4.74 Å². The highest BCUT2D eigenvalue weighted by Gasteiger charge is 2.13. The molecule has 0 rings (SSSR count). The fourth-order valence-corrected chi connectivity index (χ4v) is 4.48. The smallest absolute Gasteiger partial charge is 0.305 e. The van der Waals surface area contributed by atoms with Gasteiger partial charge in [-0.1, -0.05) is 107 Å². The predicted molar refractivity (Wildman–Crippen MR) is 116 cm³/mol. The molecule has 0 N–H and O–H groups in total. The van der Waals surface area contributed by atoms with Crippen LogP contribution in [-0.4, -0.2) is 24.1 Å². The molecule has 150 valence electrons. The first kappa shape index (κ1) is 25.2. The second-order valence-corrected chi connectivity index (χ2v) is 10.8. The van der Waals surface area contributed by atoms with Gasteiger partial charge in [0.25, 0.3) is 0 Å². The predicted octanol–water partition coefficient (Wildman–Crippen LogP) is 7.66. The van der Waals surface area contributed by atoms with Crippen molar-refractivity contribution in [2.75, 3.05) is 18.1 Å². The Kier molecular flexibility index (Phi) is 17.7. The number of hydrogen-bond acceptors (Lipinski definition) is 4. The number of esters is 1. The molecule has 0 aromatic heterocycles. The van der Waals surface area contributed by atoms with Crippen molar-refractivity contribution >= 4 is 27.6 Å². The van der Waals surface area contributed by atoms with Crippen LogP contribution in [0.5, 0.6) is 0 Å². The van der Waals surface area contributed by atoms with Crippen LogP contribution in [0.3, 0.4) is 0 Å². The molecule has 0 fully saturated rings. The van der Waals surface area contributed by atoms with Crippen molar-refractivity contribution in [3.8, 4) is 0 Å². The number of ether oxygens (including phenoxy) is 1. The molecule has 0 aliphatic rings. The lowest BCUT2D eigenvalue weighted by Crippen LogP contribution is -2.12. The Balaban J connectivity index is 3.15. The third-order valence-electron chi connectivity index (χ3n) is 4.17. The van der Waals surface area contributed by atoms with E-state index in [9.17, 15) is 4.79 Å². The van der Waals surface area contributed by atoms with Crippen LogP contribution in [0.25, 0.3) is 0 Å². The van der Waals surface area contributed by atoms with E-state index in [0.717, 1.165) is 12.2 Å². The highest BCUT2D eigenvalue weighted by molar-refractivity contribution is 8.76. The van der Waals surface area contributed by atoms with Crippen LogP contribution in [0.4, 0.5) is 0 Å². The lowest BCUT2D eigenvalue weighted by molar-refractivity contribution is -0.143. The molecular formula is C21H42O2S2. The molecule has 0 aliphatic carbocycles. The second-order valence-electron chi connectivity index (χ2n) is 8.11. The summed E-state index contributed by atoms with van der Waals surface area (Å²) < 4.78 is 5.27. The van der Waals surface area contributed by atoms with Gasteiger partial charge >= 0.3 is 5.97 Å². The normalized spacial score (nSPS) is 11.7. The summed E-state index contributed by atoms with van der Waals surface area (Å²) in [5.74, 6) is 2.08. The number of hydrogen-bond donors (Lipinski definition) is 0. The Morgan fingerprint density at radius 2 is 1.32 bits per heavy atom. The van der Waals surface area contributed by atoms with Crippen molar-refractivity contribution < 1.29 is 9.53 Å². The Morgan fingerprint density at radius 1 is 0.800 bits per heavy atom. The molecule has 0 atom stereocenters. The standard InChI is InChI=1S/C21H42O2S2/c1-5-6-7-8-9-10-11-12-13-14-18-24-25-19-17-23-20(22)15-16-21(2,3)4/h5-19H2,1-4H3. The molecule has 0 radical (unpaired) electrons. The number of carbonyl (C=O) groups excluding carboxylic acids is 1. The van der Waals surface area contributed by atoms with E-state index < -0.39 is 0 Å². The van der Waals surface area contributed by atoms with Gasteiger partial charge in [0.05, 0.1) is 0 Å². The number of carbonyl (C=O) groups is 1. The molecule has 2 nitrogen and oxygen atoms in total. The maximum atomic E-state index is 11.6. The minimum absolute atomic E-state index is 0.0461. The van der Waals surface area contributed by atoms with Crippen LogP contribution in [0.2, 0.25) is 0 Å². The highest BCUT2D eigenvalue weighted by Crippen LogP contribution is 2.23. The fourth-order valence-electron chi connectivity index (χ4n) is 2.51. The molecule has 4 heteroatoms. The molecule has 0 saturated heterocycles. The summed E-state index contributed by atoms with van der Waals surface area (Å²) in [5.41, 5.74) is 0.207. The van der Waals surface area contributed by atoms with E-state index >= 15 is 0 Å². The van der Waals surface area contributed by atoms with Crippen molar-refractivity contribution in [3.63, 3.8) is 0 Å². The Labute approximate surface area is 165 Å². The Morgan fingerprint density at radius 3 is 1.88 bits per heavy atom. The summed E-state index contributed by atoms with van der Waals surface area (Å²) in [6.07, 6.45) is 15.4. The molecule has 0 spiro atoms. The van der Waals surface area contributed by atoms with Crippen molar-refractivity contribution in [2.24, 2.45) is 5.41 Å². The molecule has 25 heavy (non-hydrogen) atoms. The third kappa shape index (κ3) is 22.1. The van der Waals surface area contributed by atoms with E-state index in [1.165, 1.54) is 70.0 Å². The fraction of sp³-hybridized carbons (Fsp3) is 0.952. The van der Waals surface area contributed by atoms with Gasteiger partial charge in [-0.2, -0.15) is 0 Å². The molecule has 0 heterocycles. The van der Waals surface area contributed by atoms with Gasteiger partial charge in [0.2, 0.25) is 0 Å². The van der Waals surface area contributed by atoms with E-state index in [1.807, 2.05) is 21.6 Å². The maximum Gasteiger partial charge on any atom is 0.305 e. The first-order valence-electron chi connectivity index (χ1n) is 10.4. The largest absolute Gasteiger partial charge is 0.465 e. The lowest BCUT2D eigenvalue weighted by atomic mass is 9.91.